The second kappa shape index (κ2) is 9.70. The molecule has 0 amide bonds. The van der Waals surface area contributed by atoms with E-state index in [1.807, 2.05) is 24.3 Å². The van der Waals surface area contributed by atoms with E-state index in [1.165, 1.54) is 9.40 Å². The smallest absolute Gasteiger partial charge is 0.151 e. The first-order chi connectivity index (χ1) is 15.7. The lowest BCUT2D eigenvalue weighted by atomic mass is 10.1. The Morgan fingerprint density at radius 3 is 1.53 bits per heavy atom. The van der Waals surface area contributed by atoms with E-state index < -0.39 is 0 Å². The molecule has 0 radical (unpaired) electrons. The zero-order valence-electron chi connectivity index (χ0n) is 17.5. The molecule has 0 unspecified atom stereocenters. The summed E-state index contributed by atoms with van der Waals surface area (Å²) in [6, 6.07) is 20.7. The van der Waals surface area contributed by atoms with Crippen LogP contribution in [0.5, 0.6) is 11.5 Å². The van der Waals surface area contributed by atoms with Crippen LogP contribution in [0, 0.1) is 0 Å². The lowest BCUT2D eigenvalue weighted by Crippen LogP contribution is -1.97. The van der Waals surface area contributed by atoms with E-state index in [9.17, 15) is 0 Å². The van der Waals surface area contributed by atoms with E-state index >= 15 is 0 Å². The summed E-state index contributed by atoms with van der Waals surface area (Å²) in [5.74, 6) is 3.29. The fourth-order valence-electron chi connectivity index (χ4n) is 3.35. The van der Waals surface area contributed by atoms with Gasteiger partial charge in [-0.25, -0.2) is 9.97 Å². The van der Waals surface area contributed by atoms with Gasteiger partial charge in [-0.2, -0.15) is 0 Å². The Morgan fingerprint density at radius 2 is 1.12 bits per heavy atom. The third-order valence-electron chi connectivity index (χ3n) is 4.93. The molecule has 0 bridgehead atoms. The van der Waals surface area contributed by atoms with Crippen molar-refractivity contribution < 1.29 is 9.47 Å². The molecule has 0 fully saturated rings. The number of hydrogen-bond acceptors (Lipinski definition) is 8. The van der Waals surface area contributed by atoms with Crippen LogP contribution in [0.3, 0.4) is 0 Å². The number of aromatic nitrogens is 2. The number of fused-ring (bicyclic) bond motifs is 2. The Balaban J connectivity index is 1.33. The Kier molecular flexibility index (Phi) is 6.54. The predicted octanol–water partition coefficient (Wildman–Crippen LogP) is 7.51. The third-order valence-corrected chi connectivity index (χ3v) is 9.39. The van der Waals surface area contributed by atoms with Crippen molar-refractivity contribution in [2.24, 2.45) is 0 Å². The maximum atomic E-state index is 5.72. The highest BCUT2D eigenvalue weighted by Gasteiger charge is 2.14. The van der Waals surface area contributed by atoms with Crippen molar-refractivity contribution in [3.05, 3.63) is 71.8 Å². The van der Waals surface area contributed by atoms with Gasteiger partial charge in [-0.15, -0.1) is 22.7 Å². The van der Waals surface area contributed by atoms with Gasteiger partial charge in [0, 0.05) is 22.6 Å². The van der Waals surface area contributed by atoms with Crippen molar-refractivity contribution in [1.29, 1.82) is 0 Å². The minimum absolute atomic E-state index is 0.768. The first-order valence-corrected chi connectivity index (χ1v) is 13.5. The average Bonchev–Trinajstić information content (AvgIpc) is 3.44. The Labute approximate surface area is 203 Å². The molecule has 0 aliphatic heterocycles. The lowest BCUT2D eigenvalue weighted by Gasteiger charge is -2.14. The highest BCUT2D eigenvalue weighted by molar-refractivity contribution is 8.00. The van der Waals surface area contributed by atoms with E-state index in [0.29, 0.717) is 0 Å². The van der Waals surface area contributed by atoms with Crippen LogP contribution in [0.25, 0.3) is 20.4 Å². The molecule has 3 aromatic carbocycles. The van der Waals surface area contributed by atoms with E-state index in [-0.39, 0.29) is 0 Å². The van der Waals surface area contributed by atoms with Crippen molar-refractivity contribution in [3.8, 4) is 11.5 Å². The zero-order chi connectivity index (χ0) is 21.9. The van der Waals surface area contributed by atoms with Crippen LogP contribution in [0.4, 0.5) is 0 Å². The lowest BCUT2D eigenvalue weighted by molar-refractivity contribution is 0.397. The van der Waals surface area contributed by atoms with Gasteiger partial charge in [-0.3, -0.25) is 0 Å². The molecule has 0 atom stereocenters. The number of hydrogen-bond donors (Lipinski definition) is 0. The van der Waals surface area contributed by atoms with Gasteiger partial charge in [-0.1, -0.05) is 47.8 Å². The Bertz CT molecular complexity index is 1210. The number of nitrogens with zero attached hydrogens (tertiary/aromatic N) is 2. The van der Waals surface area contributed by atoms with E-state index in [4.69, 9.17) is 19.4 Å². The molecule has 0 aliphatic carbocycles. The zero-order valence-corrected chi connectivity index (χ0v) is 20.8. The number of benzene rings is 3. The molecule has 0 aliphatic rings. The van der Waals surface area contributed by atoms with Crippen LogP contribution in [-0.4, -0.2) is 24.2 Å². The maximum Gasteiger partial charge on any atom is 0.151 e. The predicted molar refractivity (Wildman–Crippen MR) is 138 cm³/mol. The number of ether oxygens (including phenoxy) is 2. The molecule has 32 heavy (non-hydrogen) atoms. The van der Waals surface area contributed by atoms with Gasteiger partial charge in [-0.05, 0) is 36.4 Å². The van der Waals surface area contributed by atoms with E-state index in [0.717, 1.165) is 53.8 Å². The molecule has 0 spiro atoms. The molecule has 4 nitrogen and oxygen atoms in total. The Morgan fingerprint density at radius 1 is 0.688 bits per heavy atom. The molecule has 2 aromatic heterocycles. The van der Waals surface area contributed by atoms with Gasteiger partial charge in [0.1, 0.15) is 11.5 Å². The average molecular weight is 497 g/mol. The van der Waals surface area contributed by atoms with Gasteiger partial charge in [0.2, 0.25) is 0 Å². The van der Waals surface area contributed by atoms with Gasteiger partial charge in [0.05, 0.1) is 34.7 Å². The van der Waals surface area contributed by atoms with Gasteiger partial charge in [0.15, 0.2) is 8.68 Å². The molecule has 0 saturated carbocycles. The molecular weight excluding hydrogens is 477 g/mol. The maximum absolute atomic E-state index is 5.72. The summed E-state index contributed by atoms with van der Waals surface area (Å²) < 4.78 is 16.0. The fraction of sp³-hybridized carbons (Fsp3) is 0.167. The number of rotatable bonds is 8. The van der Waals surface area contributed by atoms with Crippen molar-refractivity contribution in [1.82, 2.24) is 9.97 Å². The standard InChI is InChI=1S/C24H20N2O2S4/c1-27-19-11-16(14-30-24-26-18-8-4-6-10-22(18)32-24)20(28-2)12-15(19)13-29-23-25-17-7-3-5-9-21(17)31-23/h3-12H,13-14H2,1-2H3. The molecule has 0 saturated heterocycles. The molecule has 5 rings (SSSR count). The largest absolute Gasteiger partial charge is 0.496 e. The topological polar surface area (TPSA) is 44.2 Å². The van der Waals surface area contributed by atoms with Crippen LogP contribution in [0.2, 0.25) is 0 Å². The van der Waals surface area contributed by atoms with E-state index in [2.05, 4.69) is 36.4 Å². The minimum Gasteiger partial charge on any atom is -0.496 e. The number of thioether (sulfide) groups is 2. The quantitative estimate of drug-likeness (QED) is 0.207. The summed E-state index contributed by atoms with van der Waals surface area (Å²) in [5.41, 5.74) is 4.29. The van der Waals surface area contributed by atoms with Crippen LogP contribution in [0.1, 0.15) is 11.1 Å². The van der Waals surface area contributed by atoms with Crippen molar-refractivity contribution >= 4 is 66.6 Å². The summed E-state index contributed by atoms with van der Waals surface area (Å²) in [7, 11) is 3.44. The highest BCUT2D eigenvalue weighted by atomic mass is 32.2. The molecular formula is C24H20N2O2S4. The van der Waals surface area contributed by atoms with Crippen LogP contribution < -0.4 is 9.47 Å². The normalized spacial score (nSPS) is 11.3. The summed E-state index contributed by atoms with van der Waals surface area (Å²) in [6.45, 7) is 0. The molecule has 2 heterocycles. The van der Waals surface area contributed by atoms with Crippen molar-refractivity contribution in [2.75, 3.05) is 14.2 Å². The number of para-hydroxylation sites is 2. The molecule has 5 aromatic rings. The Hall–Kier alpha value is -2.26. The number of methoxy groups -OCH3 is 2. The minimum atomic E-state index is 0.768. The van der Waals surface area contributed by atoms with Crippen molar-refractivity contribution in [2.45, 2.75) is 20.2 Å². The van der Waals surface area contributed by atoms with Crippen LogP contribution >= 0.6 is 46.2 Å². The van der Waals surface area contributed by atoms with Gasteiger partial charge < -0.3 is 9.47 Å². The van der Waals surface area contributed by atoms with Gasteiger partial charge >= 0.3 is 0 Å². The second-order valence-corrected chi connectivity index (χ2v) is 11.5. The highest BCUT2D eigenvalue weighted by Crippen LogP contribution is 2.39. The van der Waals surface area contributed by atoms with Gasteiger partial charge in [0.25, 0.3) is 0 Å². The second-order valence-electron chi connectivity index (χ2n) is 6.95. The first-order valence-electron chi connectivity index (χ1n) is 9.94. The molecule has 0 N–H and O–H groups in total. The van der Waals surface area contributed by atoms with E-state index in [1.54, 1.807) is 60.4 Å². The first kappa shape index (κ1) is 21.6. The van der Waals surface area contributed by atoms with Crippen molar-refractivity contribution in [3.63, 3.8) is 0 Å². The third kappa shape index (κ3) is 4.59. The summed E-state index contributed by atoms with van der Waals surface area (Å²) in [4.78, 5) is 9.45. The monoisotopic (exact) mass is 496 g/mol. The van der Waals surface area contributed by atoms with Crippen LogP contribution in [0.15, 0.2) is 69.3 Å². The summed E-state index contributed by atoms with van der Waals surface area (Å²) in [5, 5.41) is 0. The van der Waals surface area contributed by atoms with Crippen LogP contribution in [-0.2, 0) is 11.5 Å². The SMILES string of the molecule is COc1cc(CSc2nc3ccccc3s2)c(OC)cc1CSc1nc2ccccc2s1. The summed E-state index contributed by atoms with van der Waals surface area (Å²) in [6.07, 6.45) is 0. The fourth-order valence-corrected chi connectivity index (χ4v) is 7.45. The summed E-state index contributed by atoms with van der Waals surface area (Å²) >= 11 is 6.89. The number of thiazole rings is 2. The molecule has 162 valence electrons. The molecule has 8 heteroatoms.